The van der Waals surface area contributed by atoms with Gasteiger partial charge in [-0.15, -0.1) is 0 Å². The van der Waals surface area contributed by atoms with Crippen molar-refractivity contribution in [1.82, 2.24) is 25.4 Å². The van der Waals surface area contributed by atoms with Gasteiger partial charge in [0.2, 0.25) is 17.6 Å². The summed E-state index contributed by atoms with van der Waals surface area (Å²) >= 11 is 0. The third-order valence-corrected chi connectivity index (χ3v) is 3.05. The molecule has 0 aliphatic rings. The van der Waals surface area contributed by atoms with Crippen LogP contribution < -0.4 is 10.1 Å². The summed E-state index contributed by atoms with van der Waals surface area (Å²) in [5, 5.41) is 6.55. The van der Waals surface area contributed by atoms with Gasteiger partial charge in [0.1, 0.15) is 5.69 Å². The summed E-state index contributed by atoms with van der Waals surface area (Å²) in [7, 11) is 0. The standard InChI is InChI=1S/C16H15N5O3/c1-2-23-13-7-6-11(9-18-13)15-20-14(24-21-15)10-19-16(22)12-5-3-4-8-17-12/h3-9H,2,10H2,1H3,(H,19,22). The lowest BCUT2D eigenvalue weighted by molar-refractivity contribution is 0.0941. The Balaban J connectivity index is 1.62. The molecular formula is C16H15N5O3. The van der Waals surface area contributed by atoms with Gasteiger partial charge < -0.3 is 14.6 Å². The summed E-state index contributed by atoms with van der Waals surface area (Å²) in [5.41, 5.74) is 1.03. The molecule has 24 heavy (non-hydrogen) atoms. The maximum absolute atomic E-state index is 11.9. The molecule has 0 radical (unpaired) electrons. The van der Waals surface area contributed by atoms with Crippen LogP contribution in [0.3, 0.4) is 0 Å². The van der Waals surface area contributed by atoms with Gasteiger partial charge in [0, 0.05) is 24.0 Å². The van der Waals surface area contributed by atoms with E-state index in [0.717, 1.165) is 0 Å². The molecule has 122 valence electrons. The normalized spacial score (nSPS) is 10.4. The molecule has 0 saturated heterocycles. The molecule has 8 nitrogen and oxygen atoms in total. The average molecular weight is 325 g/mol. The maximum Gasteiger partial charge on any atom is 0.270 e. The first kappa shape index (κ1) is 15.6. The van der Waals surface area contributed by atoms with Crippen molar-refractivity contribution in [2.24, 2.45) is 0 Å². The molecule has 0 saturated carbocycles. The van der Waals surface area contributed by atoms with Crippen LogP contribution in [0.2, 0.25) is 0 Å². The van der Waals surface area contributed by atoms with E-state index in [1.165, 1.54) is 0 Å². The number of nitrogens with one attached hydrogen (secondary N) is 1. The molecule has 0 bridgehead atoms. The summed E-state index contributed by atoms with van der Waals surface area (Å²) < 4.78 is 10.4. The van der Waals surface area contributed by atoms with Gasteiger partial charge in [-0.1, -0.05) is 11.2 Å². The van der Waals surface area contributed by atoms with E-state index in [4.69, 9.17) is 9.26 Å². The smallest absolute Gasteiger partial charge is 0.270 e. The number of ether oxygens (including phenoxy) is 1. The highest BCUT2D eigenvalue weighted by Gasteiger charge is 2.12. The van der Waals surface area contributed by atoms with Crippen LogP contribution in [0, 0.1) is 0 Å². The minimum Gasteiger partial charge on any atom is -0.478 e. The molecule has 0 atom stereocenters. The van der Waals surface area contributed by atoms with Crippen molar-refractivity contribution in [3.8, 4) is 17.3 Å². The number of nitrogens with zero attached hydrogens (tertiary/aromatic N) is 4. The van der Waals surface area contributed by atoms with Crippen LogP contribution >= 0.6 is 0 Å². The van der Waals surface area contributed by atoms with Gasteiger partial charge in [-0.05, 0) is 25.1 Å². The number of hydrogen-bond acceptors (Lipinski definition) is 7. The van der Waals surface area contributed by atoms with Gasteiger partial charge in [0.25, 0.3) is 5.91 Å². The lowest BCUT2D eigenvalue weighted by Gasteiger charge is -2.01. The Hall–Kier alpha value is -3.29. The molecule has 0 fully saturated rings. The van der Waals surface area contributed by atoms with Gasteiger partial charge in [-0.3, -0.25) is 9.78 Å². The van der Waals surface area contributed by atoms with Gasteiger partial charge in [0.05, 0.1) is 13.2 Å². The number of carbonyl (C=O) groups is 1. The summed E-state index contributed by atoms with van der Waals surface area (Å²) in [6.45, 7) is 2.56. The van der Waals surface area contributed by atoms with Crippen LogP contribution in [0.25, 0.3) is 11.4 Å². The van der Waals surface area contributed by atoms with Crippen LogP contribution in [0.4, 0.5) is 0 Å². The molecule has 3 aromatic rings. The molecule has 0 aliphatic carbocycles. The highest BCUT2D eigenvalue weighted by atomic mass is 16.5. The van der Waals surface area contributed by atoms with Crippen molar-refractivity contribution in [3.63, 3.8) is 0 Å². The SMILES string of the molecule is CCOc1ccc(-c2noc(CNC(=O)c3ccccn3)n2)cn1. The molecule has 1 N–H and O–H groups in total. The van der Waals surface area contributed by atoms with E-state index in [9.17, 15) is 4.79 Å². The monoisotopic (exact) mass is 325 g/mol. The number of hydrogen-bond donors (Lipinski definition) is 1. The van der Waals surface area contributed by atoms with Crippen LogP contribution in [-0.2, 0) is 6.54 Å². The van der Waals surface area contributed by atoms with Crippen molar-refractivity contribution in [2.45, 2.75) is 13.5 Å². The minimum absolute atomic E-state index is 0.118. The first-order valence-corrected chi connectivity index (χ1v) is 7.37. The van der Waals surface area contributed by atoms with Gasteiger partial charge in [0.15, 0.2) is 0 Å². The van der Waals surface area contributed by atoms with Crippen molar-refractivity contribution in [2.75, 3.05) is 6.61 Å². The molecule has 0 spiro atoms. The molecule has 1 amide bonds. The summed E-state index contributed by atoms with van der Waals surface area (Å²) in [5.74, 6) is 0.918. The summed E-state index contributed by atoms with van der Waals surface area (Å²) in [4.78, 5) is 24.2. The second-order valence-electron chi connectivity index (χ2n) is 4.73. The second-order valence-corrected chi connectivity index (χ2v) is 4.73. The van der Waals surface area contributed by atoms with E-state index in [0.29, 0.717) is 35.5 Å². The Morgan fingerprint density at radius 3 is 2.88 bits per heavy atom. The zero-order chi connectivity index (χ0) is 16.8. The zero-order valence-electron chi connectivity index (χ0n) is 13.0. The highest BCUT2D eigenvalue weighted by molar-refractivity contribution is 5.92. The topological polar surface area (TPSA) is 103 Å². The lowest BCUT2D eigenvalue weighted by atomic mass is 10.3. The maximum atomic E-state index is 11.9. The van der Waals surface area contributed by atoms with Crippen molar-refractivity contribution >= 4 is 5.91 Å². The Morgan fingerprint density at radius 1 is 1.25 bits per heavy atom. The number of carbonyl (C=O) groups excluding carboxylic acids is 1. The van der Waals surface area contributed by atoms with Gasteiger partial charge in [-0.2, -0.15) is 4.98 Å². The predicted molar refractivity (Wildman–Crippen MR) is 84.1 cm³/mol. The van der Waals surface area contributed by atoms with Crippen LogP contribution in [0.5, 0.6) is 5.88 Å². The number of rotatable bonds is 6. The van der Waals surface area contributed by atoms with E-state index in [-0.39, 0.29) is 12.5 Å². The van der Waals surface area contributed by atoms with E-state index in [1.807, 2.05) is 6.92 Å². The van der Waals surface area contributed by atoms with E-state index in [2.05, 4.69) is 25.4 Å². The lowest BCUT2D eigenvalue weighted by Crippen LogP contribution is -2.23. The Morgan fingerprint density at radius 2 is 2.17 bits per heavy atom. The quantitative estimate of drug-likeness (QED) is 0.737. The van der Waals surface area contributed by atoms with Crippen molar-refractivity contribution in [3.05, 3.63) is 54.3 Å². The van der Waals surface area contributed by atoms with Crippen LogP contribution in [0.15, 0.2) is 47.2 Å². The van der Waals surface area contributed by atoms with Gasteiger partial charge >= 0.3 is 0 Å². The van der Waals surface area contributed by atoms with E-state index < -0.39 is 0 Å². The fraction of sp³-hybridized carbons (Fsp3) is 0.188. The fourth-order valence-corrected chi connectivity index (χ4v) is 1.93. The fourth-order valence-electron chi connectivity index (χ4n) is 1.93. The Labute approximate surface area is 137 Å². The molecule has 0 aliphatic heterocycles. The highest BCUT2D eigenvalue weighted by Crippen LogP contribution is 2.17. The summed E-state index contributed by atoms with van der Waals surface area (Å²) in [6.07, 6.45) is 3.16. The number of pyridine rings is 2. The number of amides is 1. The number of aromatic nitrogens is 4. The van der Waals surface area contributed by atoms with E-state index >= 15 is 0 Å². The minimum atomic E-state index is -0.307. The third kappa shape index (κ3) is 3.72. The second kappa shape index (κ2) is 7.32. The predicted octanol–water partition coefficient (Wildman–Crippen LogP) is 1.86. The summed E-state index contributed by atoms with van der Waals surface area (Å²) in [6, 6.07) is 8.63. The first-order chi connectivity index (χ1) is 11.8. The van der Waals surface area contributed by atoms with E-state index in [1.54, 1.807) is 42.7 Å². The molecule has 8 heteroatoms. The van der Waals surface area contributed by atoms with Gasteiger partial charge in [-0.25, -0.2) is 4.98 Å². The largest absolute Gasteiger partial charge is 0.478 e. The molecular weight excluding hydrogens is 310 g/mol. The van der Waals surface area contributed by atoms with Crippen molar-refractivity contribution in [1.29, 1.82) is 0 Å². The molecule has 0 aromatic carbocycles. The van der Waals surface area contributed by atoms with Crippen molar-refractivity contribution < 1.29 is 14.1 Å². The zero-order valence-corrected chi connectivity index (χ0v) is 13.0. The Bertz CT molecular complexity index is 802. The molecule has 3 heterocycles. The van der Waals surface area contributed by atoms with Crippen LogP contribution in [0.1, 0.15) is 23.3 Å². The van der Waals surface area contributed by atoms with Crippen LogP contribution in [-0.4, -0.2) is 32.6 Å². The first-order valence-electron chi connectivity index (χ1n) is 7.37. The average Bonchev–Trinajstić information content (AvgIpc) is 3.10. The third-order valence-electron chi connectivity index (χ3n) is 3.05. The Kier molecular flexibility index (Phi) is 4.76. The molecule has 3 rings (SSSR count). The molecule has 3 aromatic heterocycles. The molecule has 0 unspecified atom stereocenters.